The highest BCUT2D eigenvalue weighted by Crippen LogP contribution is 2.31. The van der Waals surface area contributed by atoms with E-state index in [-0.39, 0.29) is 0 Å². The van der Waals surface area contributed by atoms with Crippen molar-refractivity contribution in [2.45, 2.75) is 24.9 Å². The number of hydrogen-bond acceptors (Lipinski definition) is 2. The summed E-state index contributed by atoms with van der Waals surface area (Å²) in [5, 5.41) is 11.2. The number of aromatic nitrogens is 1. The summed E-state index contributed by atoms with van der Waals surface area (Å²) < 4.78 is 2.28. The predicted octanol–water partition coefficient (Wildman–Crippen LogP) is 2.50. The van der Waals surface area contributed by atoms with Gasteiger partial charge in [0.05, 0.1) is 11.1 Å². The molecule has 0 N–H and O–H groups in total. The highest BCUT2D eigenvalue weighted by atomic mass is 79.9. The first-order chi connectivity index (χ1) is 7.19. The predicted molar refractivity (Wildman–Crippen MR) is 64.4 cm³/mol. The maximum absolute atomic E-state index is 9.14. The molecular formula is C11H12BrN2S+. The molecule has 0 radical (unpaired) electrons. The second kappa shape index (κ2) is 4.15. The number of alkyl halides is 1. The summed E-state index contributed by atoms with van der Waals surface area (Å²) in [4.78, 5) is 0. The van der Waals surface area contributed by atoms with Crippen LogP contribution < -0.4 is 4.57 Å². The highest BCUT2D eigenvalue weighted by Gasteiger charge is 2.35. The Bertz CT molecular complexity index is 451. The summed E-state index contributed by atoms with van der Waals surface area (Å²) in [6, 6.07) is 4.90. The lowest BCUT2D eigenvalue weighted by atomic mass is 10.1. The van der Waals surface area contributed by atoms with Crippen molar-refractivity contribution in [2.75, 3.05) is 11.1 Å². The Morgan fingerprint density at radius 2 is 2.40 bits per heavy atom. The summed E-state index contributed by atoms with van der Waals surface area (Å²) in [7, 11) is 0. The number of nitriles is 1. The molecular weight excluding hydrogens is 272 g/mol. The van der Waals surface area contributed by atoms with E-state index in [9.17, 15) is 0 Å². The van der Waals surface area contributed by atoms with Crippen molar-refractivity contribution in [3.05, 3.63) is 22.9 Å². The van der Waals surface area contributed by atoms with Crippen LogP contribution in [0.15, 0.2) is 11.1 Å². The maximum atomic E-state index is 9.14. The Morgan fingerprint density at radius 3 is 3.00 bits per heavy atom. The third-order valence-corrected chi connectivity index (χ3v) is 4.67. The van der Waals surface area contributed by atoms with Crippen molar-refractivity contribution >= 4 is 27.7 Å². The zero-order chi connectivity index (χ0) is 11.0. The van der Waals surface area contributed by atoms with Crippen LogP contribution in [0.25, 0.3) is 0 Å². The van der Waals surface area contributed by atoms with Crippen LogP contribution in [0, 0.1) is 25.2 Å². The van der Waals surface area contributed by atoms with Gasteiger partial charge in [0.25, 0.3) is 5.03 Å². The number of rotatable bonds is 1. The molecule has 2 rings (SSSR count). The summed E-state index contributed by atoms with van der Waals surface area (Å²) in [6.07, 6.45) is 0. The second-order valence-corrected chi connectivity index (χ2v) is 5.41. The van der Waals surface area contributed by atoms with E-state index in [4.69, 9.17) is 5.26 Å². The Balaban J connectivity index is 2.67. The van der Waals surface area contributed by atoms with Gasteiger partial charge in [0, 0.05) is 13.0 Å². The van der Waals surface area contributed by atoms with Crippen LogP contribution in [0.5, 0.6) is 0 Å². The van der Waals surface area contributed by atoms with Gasteiger partial charge in [-0.3, -0.25) is 0 Å². The third kappa shape index (κ3) is 1.68. The topological polar surface area (TPSA) is 27.7 Å². The molecule has 0 aromatic carbocycles. The van der Waals surface area contributed by atoms with E-state index in [1.807, 2.05) is 6.92 Å². The number of hydrogen-bond donors (Lipinski definition) is 0. The molecule has 0 bridgehead atoms. The zero-order valence-electron chi connectivity index (χ0n) is 8.75. The second-order valence-electron chi connectivity index (χ2n) is 3.75. The Morgan fingerprint density at radius 1 is 1.67 bits per heavy atom. The fraction of sp³-hybridized carbons (Fsp3) is 0.455. The molecule has 2 heterocycles. The summed E-state index contributed by atoms with van der Waals surface area (Å²) >= 11 is 5.32. The summed E-state index contributed by atoms with van der Waals surface area (Å²) in [5.41, 5.74) is 3.17. The fourth-order valence-electron chi connectivity index (χ4n) is 2.00. The van der Waals surface area contributed by atoms with Crippen LogP contribution in [0.1, 0.15) is 22.9 Å². The zero-order valence-corrected chi connectivity index (χ0v) is 11.2. The molecule has 0 unspecified atom stereocenters. The van der Waals surface area contributed by atoms with Crippen LogP contribution in [0.3, 0.4) is 0 Å². The van der Waals surface area contributed by atoms with Crippen LogP contribution >= 0.6 is 27.7 Å². The van der Waals surface area contributed by atoms with Crippen molar-refractivity contribution < 1.29 is 4.57 Å². The monoisotopic (exact) mass is 283 g/mol. The minimum Gasteiger partial charge on any atom is -0.192 e. The van der Waals surface area contributed by atoms with Gasteiger partial charge in [-0.2, -0.15) is 9.83 Å². The number of aryl methyl sites for hydroxylation is 2. The van der Waals surface area contributed by atoms with Crippen LogP contribution in [0.2, 0.25) is 0 Å². The van der Waals surface area contributed by atoms with Gasteiger partial charge in [-0.25, -0.2) is 0 Å². The summed E-state index contributed by atoms with van der Waals surface area (Å²) in [5.74, 6) is 1.06. The molecule has 0 spiro atoms. The highest BCUT2D eigenvalue weighted by molar-refractivity contribution is 9.09. The molecule has 4 heteroatoms. The molecule has 0 amide bonds. The quantitative estimate of drug-likeness (QED) is 0.585. The SMILES string of the molecule is Cc1cc(C)[n+]2c(c1C#N)SC[C@H]2CBr. The number of halogens is 1. The molecule has 1 atom stereocenters. The number of thioether (sulfide) groups is 1. The normalized spacial score (nSPS) is 18.7. The van der Waals surface area contributed by atoms with E-state index in [2.05, 4.69) is 39.6 Å². The van der Waals surface area contributed by atoms with Gasteiger partial charge in [0.1, 0.15) is 11.6 Å². The maximum Gasteiger partial charge on any atom is 0.259 e. The molecule has 0 saturated carbocycles. The Kier molecular flexibility index (Phi) is 3.03. The van der Waals surface area contributed by atoms with Crippen molar-refractivity contribution in [3.8, 4) is 6.07 Å². The molecule has 1 aliphatic heterocycles. The van der Waals surface area contributed by atoms with E-state index in [1.165, 1.54) is 5.69 Å². The van der Waals surface area contributed by atoms with Crippen molar-refractivity contribution in [1.82, 2.24) is 0 Å². The van der Waals surface area contributed by atoms with Gasteiger partial charge in [-0.15, -0.1) is 0 Å². The van der Waals surface area contributed by atoms with Crippen molar-refractivity contribution in [3.63, 3.8) is 0 Å². The van der Waals surface area contributed by atoms with Crippen LogP contribution in [0.4, 0.5) is 0 Å². The Hall–Kier alpha value is -0.530. The van der Waals surface area contributed by atoms with Crippen LogP contribution in [-0.2, 0) is 0 Å². The fourth-order valence-corrected chi connectivity index (χ4v) is 4.22. The lowest BCUT2D eigenvalue weighted by Crippen LogP contribution is -2.43. The summed E-state index contributed by atoms with van der Waals surface area (Å²) in [6.45, 7) is 4.12. The van der Waals surface area contributed by atoms with Crippen molar-refractivity contribution in [2.24, 2.45) is 0 Å². The molecule has 1 aliphatic rings. The molecule has 0 aliphatic carbocycles. The van der Waals surface area contributed by atoms with E-state index in [0.29, 0.717) is 6.04 Å². The lowest BCUT2D eigenvalue weighted by Gasteiger charge is -2.06. The first-order valence-electron chi connectivity index (χ1n) is 4.83. The van der Waals surface area contributed by atoms with Gasteiger partial charge in [-0.05, 0) is 24.2 Å². The molecule has 15 heavy (non-hydrogen) atoms. The van der Waals surface area contributed by atoms with Gasteiger partial charge in [-0.1, -0.05) is 15.9 Å². The van der Waals surface area contributed by atoms with Gasteiger partial charge < -0.3 is 0 Å². The minimum absolute atomic E-state index is 0.484. The Labute approximate surface area is 102 Å². The van der Waals surface area contributed by atoms with Gasteiger partial charge >= 0.3 is 0 Å². The van der Waals surface area contributed by atoms with E-state index >= 15 is 0 Å². The number of fused-ring (bicyclic) bond motifs is 1. The van der Waals surface area contributed by atoms with Crippen LogP contribution in [-0.4, -0.2) is 11.1 Å². The van der Waals surface area contributed by atoms with Crippen molar-refractivity contribution in [1.29, 1.82) is 5.26 Å². The third-order valence-electron chi connectivity index (χ3n) is 2.70. The van der Waals surface area contributed by atoms with E-state index < -0.39 is 0 Å². The average molecular weight is 284 g/mol. The smallest absolute Gasteiger partial charge is 0.192 e. The van der Waals surface area contributed by atoms with E-state index in [0.717, 1.165) is 27.2 Å². The first-order valence-corrected chi connectivity index (χ1v) is 6.94. The standard InChI is InChI=1S/C11H12BrN2S/c1-7-3-8(2)14-9(4-12)6-15-11(14)10(7)5-13/h3,9H,4,6H2,1-2H3/q+1/t9-/m1/s1. The number of nitrogens with zero attached hydrogens (tertiary/aromatic N) is 2. The molecule has 0 fully saturated rings. The molecule has 0 saturated heterocycles. The molecule has 1 aromatic heterocycles. The molecule has 78 valence electrons. The minimum atomic E-state index is 0.484. The largest absolute Gasteiger partial charge is 0.259 e. The average Bonchev–Trinajstić information content (AvgIpc) is 2.62. The molecule has 1 aromatic rings. The lowest BCUT2D eigenvalue weighted by molar-refractivity contribution is -0.748. The van der Waals surface area contributed by atoms with Gasteiger partial charge in [0.2, 0.25) is 0 Å². The van der Waals surface area contributed by atoms with Gasteiger partial charge in [0.15, 0.2) is 11.7 Å². The first kappa shape index (κ1) is 11.0. The number of pyridine rings is 1. The molecule has 2 nitrogen and oxygen atoms in total. The van der Waals surface area contributed by atoms with E-state index in [1.54, 1.807) is 11.8 Å².